The third-order valence-electron chi connectivity index (χ3n) is 2.12. The zero-order chi connectivity index (χ0) is 10.9. The zero-order valence-electron chi connectivity index (χ0n) is 7.80. The highest BCUT2D eigenvalue weighted by molar-refractivity contribution is 6.32. The monoisotopic (exact) mass is 233 g/mol. The van der Waals surface area contributed by atoms with Crippen molar-refractivity contribution in [3.63, 3.8) is 0 Å². The fourth-order valence-electron chi connectivity index (χ4n) is 1.31. The molecule has 1 rings (SSSR count). The van der Waals surface area contributed by atoms with Crippen LogP contribution in [0.3, 0.4) is 0 Å². The Bertz CT molecular complexity index is 391. The van der Waals surface area contributed by atoms with E-state index in [0.717, 1.165) is 0 Å². The second-order valence-electron chi connectivity index (χ2n) is 3.02. The number of nitro benzene ring substituents is 1. The van der Waals surface area contributed by atoms with E-state index in [0.29, 0.717) is 21.7 Å². The predicted molar refractivity (Wildman–Crippen MR) is 57.1 cm³/mol. The molecule has 0 bridgehead atoms. The quantitative estimate of drug-likeness (QED) is 0.445. The van der Waals surface area contributed by atoms with Crippen LogP contribution in [0.25, 0.3) is 0 Å². The van der Waals surface area contributed by atoms with Gasteiger partial charge in [-0.25, -0.2) is 0 Å². The number of halogens is 2. The van der Waals surface area contributed by atoms with Gasteiger partial charge < -0.3 is 0 Å². The highest BCUT2D eigenvalue weighted by atomic mass is 35.5. The normalized spacial score (nSPS) is 10.3. The van der Waals surface area contributed by atoms with Gasteiger partial charge in [-0.1, -0.05) is 11.6 Å². The molecule has 5 heteroatoms. The summed E-state index contributed by atoms with van der Waals surface area (Å²) in [7, 11) is 0. The van der Waals surface area contributed by atoms with Crippen LogP contribution in [0.1, 0.15) is 16.7 Å². The first-order valence-electron chi connectivity index (χ1n) is 3.98. The minimum Gasteiger partial charge on any atom is -0.258 e. The first-order chi connectivity index (χ1) is 6.49. The van der Waals surface area contributed by atoms with E-state index in [1.165, 1.54) is 6.07 Å². The Labute approximate surface area is 91.8 Å². The maximum atomic E-state index is 10.7. The Morgan fingerprint density at radius 3 is 2.50 bits per heavy atom. The lowest BCUT2D eigenvalue weighted by Gasteiger charge is -2.07. The molecule has 14 heavy (non-hydrogen) atoms. The van der Waals surface area contributed by atoms with E-state index < -0.39 is 4.92 Å². The van der Waals surface area contributed by atoms with Gasteiger partial charge in [0.25, 0.3) is 5.69 Å². The molecule has 0 saturated heterocycles. The molecule has 0 aromatic heterocycles. The summed E-state index contributed by atoms with van der Waals surface area (Å²) >= 11 is 11.6. The smallest absolute Gasteiger partial charge is 0.258 e. The molecule has 1 aromatic rings. The number of alkyl halides is 1. The summed E-state index contributed by atoms with van der Waals surface area (Å²) in [5.74, 6) is 0.0994. The Kier molecular flexibility index (Phi) is 3.34. The van der Waals surface area contributed by atoms with Crippen LogP contribution in [0.15, 0.2) is 6.07 Å². The first kappa shape index (κ1) is 11.3. The maximum Gasteiger partial charge on any atom is 0.274 e. The van der Waals surface area contributed by atoms with Gasteiger partial charge in [-0.3, -0.25) is 10.1 Å². The lowest BCUT2D eigenvalue weighted by Crippen LogP contribution is -1.98. The van der Waals surface area contributed by atoms with Crippen LogP contribution in [0.2, 0.25) is 5.02 Å². The van der Waals surface area contributed by atoms with Gasteiger partial charge in [0.2, 0.25) is 0 Å². The molecule has 0 spiro atoms. The van der Waals surface area contributed by atoms with Crippen molar-refractivity contribution in [3.05, 3.63) is 37.9 Å². The second-order valence-corrected chi connectivity index (χ2v) is 3.67. The number of hydrogen-bond acceptors (Lipinski definition) is 2. The zero-order valence-corrected chi connectivity index (χ0v) is 9.32. The van der Waals surface area contributed by atoms with E-state index in [9.17, 15) is 10.1 Å². The molecule has 0 amide bonds. The molecule has 76 valence electrons. The van der Waals surface area contributed by atoms with E-state index in [-0.39, 0.29) is 11.6 Å². The predicted octanol–water partition coefficient (Wildman–Crippen LogP) is 3.60. The molecular formula is C9H9Cl2NO2. The van der Waals surface area contributed by atoms with Crippen LogP contribution >= 0.6 is 23.2 Å². The summed E-state index contributed by atoms with van der Waals surface area (Å²) in [5.41, 5.74) is 1.92. The third-order valence-corrected chi connectivity index (χ3v) is 2.97. The summed E-state index contributed by atoms with van der Waals surface area (Å²) in [6.45, 7) is 3.47. The minimum atomic E-state index is -0.436. The number of aryl methyl sites for hydroxylation is 1. The number of hydrogen-bond donors (Lipinski definition) is 0. The fourth-order valence-corrected chi connectivity index (χ4v) is 1.81. The van der Waals surface area contributed by atoms with Crippen molar-refractivity contribution < 1.29 is 4.92 Å². The van der Waals surface area contributed by atoms with Crippen LogP contribution in [-0.4, -0.2) is 4.92 Å². The summed E-state index contributed by atoms with van der Waals surface area (Å²) < 4.78 is 0. The molecule has 3 nitrogen and oxygen atoms in total. The Morgan fingerprint density at radius 1 is 1.50 bits per heavy atom. The van der Waals surface area contributed by atoms with Crippen LogP contribution in [0.5, 0.6) is 0 Å². The lowest BCUT2D eigenvalue weighted by molar-refractivity contribution is -0.385. The number of nitrogens with zero attached hydrogens (tertiary/aromatic N) is 1. The number of benzene rings is 1. The highest BCUT2D eigenvalue weighted by Crippen LogP contribution is 2.32. The van der Waals surface area contributed by atoms with Crippen molar-refractivity contribution in [1.29, 1.82) is 0 Å². The van der Waals surface area contributed by atoms with Gasteiger partial charge in [-0.2, -0.15) is 0 Å². The van der Waals surface area contributed by atoms with Crippen molar-refractivity contribution in [3.8, 4) is 0 Å². The molecule has 0 heterocycles. The topological polar surface area (TPSA) is 43.1 Å². The van der Waals surface area contributed by atoms with Crippen molar-refractivity contribution in [2.45, 2.75) is 19.7 Å². The van der Waals surface area contributed by atoms with Crippen LogP contribution in [-0.2, 0) is 5.88 Å². The van der Waals surface area contributed by atoms with E-state index >= 15 is 0 Å². The Balaban J connectivity index is 3.51. The van der Waals surface area contributed by atoms with Gasteiger partial charge in [0, 0.05) is 16.7 Å². The molecular weight excluding hydrogens is 225 g/mol. The average Bonchev–Trinajstić information content (AvgIpc) is 2.13. The Hall–Kier alpha value is -0.800. The molecule has 0 atom stereocenters. The standard InChI is InChI=1S/C9H9Cl2NO2/c1-5-3-8(12(13)14)7(4-10)6(2)9(5)11/h3H,4H2,1-2H3. The highest BCUT2D eigenvalue weighted by Gasteiger charge is 2.18. The van der Waals surface area contributed by atoms with Crippen LogP contribution in [0, 0.1) is 24.0 Å². The second kappa shape index (κ2) is 4.15. The fraction of sp³-hybridized carbons (Fsp3) is 0.333. The van der Waals surface area contributed by atoms with Gasteiger partial charge in [-0.15, -0.1) is 11.6 Å². The van der Waals surface area contributed by atoms with Crippen LogP contribution in [0.4, 0.5) is 5.69 Å². The van der Waals surface area contributed by atoms with Gasteiger partial charge in [0.15, 0.2) is 0 Å². The summed E-state index contributed by atoms with van der Waals surface area (Å²) in [4.78, 5) is 10.3. The molecule has 0 aliphatic rings. The summed E-state index contributed by atoms with van der Waals surface area (Å²) in [6, 6.07) is 1.45. The number of nitro groups is 1. The molecule has 1 aromatic carbocycles. The summed E-state index contributed by atoms with van der Waals surface area (Å²) in [5, 5.41) is 11.2. The first-order valence-corrected chi connectivity index (χ1v) is 4.89. The van der Waals surface area contributed by atoms with E-state index in [2.05, 4.69) is 0 Å². The van der Waals surface area contributed by atoms with Gasteiger partial charge in [0.05, 0.1) is 10.8 Å². The summed E-state index contributed by atoms with van der Waals surface area (Å²) in [6.07, 6.45) is 0. The van der Waals surface area contributed by atoms with Gasteiger partial charge >= 0.3 is 0 Å². The molecule has 0 aliphatic heterocycles. The lowest BCUT2D eigenvalue weighted by atomic mass is 10.0. The van der Waals surface area contributed by atoms with E-state index in [1.54, 1.807) is 13.8 Å². The average molecular weight is 234 g/mol. The van der Waals surface area contributed by atoms with E-state index in [1.807, 2.05) is 0 Å². The molecule has 0 N–H and O–H groups in total. The minimum absolute atomic E-state index is 0.0411. The van der Waals surface area contributed by atoms with Gasteiger partial charge in [-0.05, 0) is 25.0 Å². The van der Waals surface area contributed by atoms with Crippen LogP contribution < -0.4 is 0 Å². The molecule has 0 radical (unpaired) electrons. The molecule has 0 saturated carbocycles. The largest absolute Gasteiger partial charge is 0.274 e. The van der Waals surface area contributed by atoms with Crippen molar-refractivity contribution in [1.82, 2.24) is 0 Å². The van der Waals surface area contributed by atoms with Crippen molar-refractivity contribution in [2.75, 3.05) is 0 Å². The molecule has 0 unspecified atom stereocenters. The van der Waals surface area contributed by atoms with Crippen molar-refractivity contribution in [2.24, 2.45) is 0 Å². The maximum absolute atomic E-state index is 10.7. The Morgan fingerprint density at radius 2 is 2.07 bits per heavy atom. The number of rotatable bonds is 2. The third kappa shape index (κ3) is 1.83. The molecule has 0 aliphatic carbocycles. The van der Waals surface area contributed by atoms with Crippen molar-refractivity contribution >= 4 is 28.9 Å². The molecule has 0 fully saturated rings. The van der Waals surface area contributed by atoms with Gasteiger partial charge in [0.1, 0.15) is 0 Å². The SMILES string of the molecule is Cc1cc([N+](=O)[O-])c(CCl)c(C)c1Cl. The van der Waals surface area contributed by atoms with E-state index in [4.69, 9.17) is 23.2 Å².